The molecule has 7 atom stereocenters. The number of ether oxygens (including phenoxy) is 3. The number of ketones is 1. The smallest absolute Gasteiger partial charge is 0.408 e. The van der Waals surface area contributed by atoms with E-state index in [2.05, 4.69) is 19.2 Å². The molecule has 0 bridgehead atoms. The summed E-state index contributed by atoms with van der Waals surface area (Å²) in [5.41, 5.74) is 0.608. The van der Waals surface area contributed by atoms with Crippen LogP contribution in [-0.2, 0) is 28.6 Å². The van der Waals surface area contributed by atoms with Gasteiger partial charge in [-0.3, -0.25) is 9.59 Å². The minimum atomic E-state index is -0.720. The van der Waals surface area contributed by atoms with Crippen molar-refractivity contribution >= 4 is 23.8 Å². The Bertz CT molecular complexity index is 950. The van der Waals surface area contributed by atoms with Crippen molar-refractivity contribution in [1.29, 1.82) is 0 Å². The second-order valence-corrected chi connectivity index (χ2v) is 12.7. The number of fused-ring (bicyclic) bond motifs is 5. The van der Waals surface area contributed by atoms with E-state index >= 15 is 0 Å². The SMILES string of the molecule is CC[C@H]1C[C@H]2[C@@H]3CCC4=CC(=O)CC[C@@H]4[C@H]3CC[C@]2(C)[C@H]1OC(=O)COC(=O)CNC(=O)OC(C)(C)C. The highest BCUT2D eigenvalue weighted by Crippen LogP contribution is 2.64. The molecule has 0 aromatic rings. The second kappa shape index (κ2) is 10.8. The Kier molecular flexibility index (Phi) is 8.05. The maximum absolute atomic E-state index is 12.8. The number of carbonyl (C=O) groups excluding carboxylic acids is 4. The normalized spacial score (nSPS) is 34.8. The Labute approximate surface area is 220 Å². The van der Waals surface area contributed by atoms with Crippen molar-refractivity contribution < 1.29 is 33.4 Å². The molecule has 0 saturated heterocycles. The van der Waals surface area contributed by atoms with Crippen LogP contribution in [0.4, 0.5) is 4.79 Å². The van der Waals surface area contributed by atoms with Crippen molar-refractivity contribution in [3.63, 3.8) is 0 Å². The van der Waals surface area contributed by atoms with Crippen LogP contribution in [0.15, 0.2) is 11.6 Å². The molecular formula is C29H43NO7. The summed E-state index contributed by atoms with van der Waals surface area (Å²) in [6.45, 7) is 8.77. The van der Waals surface area contributed by atoms with Crippen molar-refractivity contribution in [2.45, 2.75) is 97.7 Å². The number of carbonyl (C=O) groups is 4. The quantitative estimate of drug-likeness (QED) is 0.400. The van der Waals surface area contributed by atoms with Crippen molar-refractivity contribution in [1.82, 2.24) is 5.32 Å². The van der Waals surface area contributed by atoms with E-state index < -0.39 is 30.2 Å². The summed E-state index contributed by atoms with van der Waals surface area (Å²) in [7, 11) is 0. The Morgan fingerprint density at radius 2 is 1.84 bits per heavy atom. The number of nitrogens with one attached hydrogen (secondary N) is 1. The number of esters is 2. The Balaban J connectivity index is 1.33. The third-order valence-electron chi connectivity index (χ3n) is 9.28. The molecule has 8 nitrogen and oxygen atoms in total. The summed E-state index contributed by atoms with van der Waals surface area (Å²) in [4.78, 5) is 48.5. The molecule has 206 valence electrons. The average Bonchev–Trinajstić information content (AvgIpc) is 3.11. The number of alkyl carbamates (subject to hydrolysis) is 1. The van der Waals surface area contributed by atoms with Crippen molar-refractivity contribution in [2.75, 3.05) is 13.2 Å². The summed E-state index contributed by atoms with van der Waals surface area (Å²) >= 11 is 0. The zero-order valence-electron chi connectivity index (χ0n) is 23.0. The molecule has 4 aliphatic carbocycles. The van der Waals surface area contributed by atoms with Gasteiger partial charge in [-0.25, -0.2) is 9.59 Å². The standard InChI is InChI=1S/C29H43NO7/c1-6-17-14-23-22-9-7-18-13-19(31)8-10-20(18)21(22)11-12-29(23,5)26(17)36-25(33)16-35-24(32)15-30-27(34)37-28(2,3)4/h13,17,20-23,26H,6-12,14-16H2,1-5H3,(H,30,34)/t17-,20-,21+,22+,23-,26-,29-/m0/s1. The fourth-order valence-corrected chi connectivity index (χ4v) is 7.75. The first-order valence-corrected chi connectivity index (χ1v) is 14.0. The molecule has 0 aliphatic heterocycles. The minimum absolute atomic E-state index is 0.0918. The van der Waals surface area contributed by atoms with Gasteiger partial charge in [0.25, 0.3) is 0 Å². The molecule has 3 saturated carbocycles. The summed E-state index contributed by atoms with van der Waals surface area (Å²) in [5, 5.41) is 2.33. The molecule has 37 heavy (non-hydrogen) atoms. The van der Waals surface area contributed by atoms with E-state index in [-0.39, 0.29) is 29.8 Å². The summed E-state index contributed by atoms with van der Waals surface area (Å²) < 4.78 is 16.2. The molecule has 4 rings (SSSR count). The molecule has 0 aromatic heterocycles. The van der Waals surface area contributed by atoms with E-state index in [1.807, 2.05) is 6.08 Å². The minimum Gasteiger partial charge on any atom is -0.459 e. The maximum Gasteiger partial charge on any atom is 0.408 e. The number of rotatable bonds is 6. The first-order chi connectivity index (χ1) is 17.4. The first kappa shape index (κ1) is 27.6. The van der Waals surface area contributed by atoms with Crippen molar-refractivity contribution in [2.24, 2.45) is 35.0 Å². The van der Waals surface area contributed by atoms with Gasteiger partial charge < -0.3 is 19.5 Å². The van der Waals surface area contributed by atoms with Crippen LogP contribution in [0, 0.1) is 35.0 Å². The van der Waals surface area contributed by atoms with Gasteiger partial charge in [-0.2, -0.15) is 0 Å². The molecule has 4 aliphatic rings. The monoisotopic (exact) mass is 517 g/mol. The van der Waals surface area contributed by atoms with E-state index in [0.717, 1.165) is 44.9 Å². The van der Waals surface area contributed by atoms with E-state index in [1.165, 1.54) is 5.57 Å². The molecule has 0 heterocycles. The third kappa shape index (κ3) is 6.04. The summed E-state index contributed by atoms with van der Waals surface area (Å²) in [5.74, 6) is 1.56. The average molecular weight is 518 g/mol. The highest BCUT2D eigenvalue weighted by molar-refractivity contribution is 5.91. The van der Waals surface area contributed by atoms with Gasteiger partial charge in [0.05, 0.1) is 0 Å². The Hall–Kier alpha value is -2.38. The molecular weight excluding hydrogens is 474 g/mol. The predicted molar refractivity (Wildman–Crippen MR) is 136 cm³/mol. The van der Waals surface area contributed by atoms with E-state index in [1.54, 1.807) is 20.8 Å². The van der Waals surface area contributed by atoms with Crippen LogP contribution in [-0.4, -0.2) is 48.7 Å². The number of allylic oxidation sites excluding steroid dienone is 1. The topological polar surface area (TPSA) is 108 Å². The molecule has 0 unspecified atom stereocenters. The number of hydrogen-bond acceptors (Lipinski definition) is 7. The predicted octanol–water partition coefficient (Wildman–Crippen LogP) is 4.74. The highest BCUT2D eigenvalue weighted by atomic mass is 16.6. The van der Waals surface area contributed by atoms with Crippen LogP contribution in [0.5, 0.6) is 0 Å². The van der Waals surface area contributed by atoms with Crippen LogP contribution in [0.25, 0.3) is 0 Å². The van der Waals surface area contributed by atoms with Crippen LogP contribution in [0.1, 0.15) is 86.0 Å². The second-order valence-electron chi connectivity index (χ2n) is 12.7. The lowest BCUT2D eigenvalue weighted by Gasteiger charge is -2.53. The highest BCUT2D eigenvalue weighted by Gasteiger charge is 2.60. The zero-order chi connectivity index (χ0) is 27.0. The molecule has 3 fully saturated rings. The largest absolute Gasteiger partial charge is 0.459 e. The lowest BCUT2D eigenvalue weighted by molar-refractivity contribution is -0.171. The van der Waals surface area contributed by atoms with Crippen LogP contribution < -0.4 is 5.32 Å². The molecule has 1 amide bonds. The van der Waals surface area contributed by atoms with Gasteiger partial charge in [-0.05, 0) is 101 Å². The molecule has 1 N–H and O–H groups in total. The van der Waals surface area contributed by atoms with E-state index in [0.29, 0.717) is 30.1 Å². The molecule has 0 spiro atoms. The van der Waals surface area contributed by atoms with Gasteiger partial charge in [0, 0.05) is 11.8 Å². The molecule has 8 heteroatoms. The van der Waals surface area contributed by atoms with Gasteiger partial charge in [-0.1, -0.05) is 19.4 Å². The van der Waals surface area contributed by atoms with Gasteiger partial charge in [0.1, 0.15) is 18.2 Å². The van der Waals surface area contributed by atoms with Crippen LogP contribution in [0.2, 0.25) is 0 Å². The van der Waals surface area contributed by atoms with Crippen LogP contribution >= 0.6 is 0 Å². The molecule has 0 aromatic carbocycles. The van der Waals surface area contributed by atoms with E-state index in [4.69, 9.17) is 14.2 Å². The van der Waals surface area contributed by atoms with Crippen LogP contribution in [0.3, 0.4) is 0 Å². The van der Waals surface area contributed by atoms with Gasteiger partial charge >= 0.3 is 18.0 Å². The fraction of sp³-hybridized carbons (Fsp3) is 0.793. The van der Waals surface area contributed by atoms with Gasteiger partial charge in [0.2, 0.25) is 0 Å². The summed E-state index contributed by atoms with van der Waals surface area (Å²) in [6.07, 6.45) is 8.88. The third-order valence-corrected chi connectivity index (χ3v) is 9.28. The van der Waals surface area contributed by atoms with Gasteiger partial charge in [0.15, 0.2) is 12.4 Å². The Morgan fingerprint density at radius 1 is 1.08 bits per heavy atom. The number of hydrogen-bond donors (Lipinski definition) is 1. The molecule has 0 radical (unpaired) electrons. The van der Waals surface area contributed by atoms with Crippen molar-refractivity contribution in [3.8, 4) is 0 Å². The van der Waals surface area contributed by atoms with Crippen molar-refractivity contribution in [3.05, 3.63) is 11.6 Å². The zero-order valence-corrected chi connectivity index (χ0v) is 23.0. The lowest BCUT2D eigenvalue weighted by atomic mass is 9.52. The first-order valence-electron chi connectivity index (χ1n) is 14.0. The lowest BCUT2D eigenvalue weighted by Crippen LogP contribution is -2.49. The summed E-state index contributed by atoms with van der Waals surface area (Å²) in [6, 6.07) is 0. The van der Waals surface area contributed by atoms with Gasteiger partial charge in [-0.15, -0.1) is 0 Å². The number of amides is 1. The fourth-order valence-electron chi connectivity index (χ4n) is 7.75. The maximum atomic E-state index is 12.8. The van der Waals surface area contributed by atoms with E-state index in [9.17, 15) is 19.2 Å². The Morgan fingerprint density at radius 3 is 2.54 bits per heavy atom.